The van der Waals surface area contributed by atoms with Crippen LogP contribution in [0.1, 0.15) is 40.0 Å². The number of carbonyl (C=O) groups is 1. The molecule has 124 valence electrons. The Kier molecular flexibility index (Phi) is 4.94. The predicted molar refractivity (Wildman–Crippen MR) is 77.1 cm³/mol. The molecule has 9 heteroatoms. The van der Waals surface area contributed by atoms with E-state index in [2.05, 4.69) is 0 Å². The summed E-state index contributed by atoms with van der Waals surface area (Å²) in [5.41, 5.74) is -1.12. The molecule has 0 aromatic heterocycles. The third-order valence-corrected chi connectivity index (χ3v) is 6.52. The van der Waals surface area contributed by atoms with Crippen LogP contribution in [0.25, 0.3) is 0 Å². The Bertz CT molecular complexity index is 618. The van der Waals surface area contributed by atoms with Gasteiger partial charge in [-0.05, 0) is 31.1 Å². The number of carbonyl (C=O) groups excluding carboxylic acids is 1. The van der Waals surface area contributed by atoms with Crippen molar-refractivity contribution in [3.8, 4) is 0 Å². The van der Waals surface area contributed by atoms with Crippen LogP contribution in [0.5, 0.6) is 0 Å². The summed E-state index contributed by atoms with van der Waals surface area (Å²) in [5.74, 6) is -0.303. The maximum absolute atomic E-state index is 11.9. The third-order valence-electron chi connectivity index (χ3n) is 4.93. The third kappa shape index (κ3) is 3.82. The molecule has 2 saturated carbocycles. The second-order valence-electron chi connectivity index (χ2n) is 6.26. The first-order valence-corrected chi connectivity index (χ1v) is 9.90. The maximum Gasteiger partial charge on any atom is 0.265 e. The monoisotopic (exact) mass is 342 g/mol. The van der Waals surface area contributed by atoms with Crippen LogP contribution in [0.4, 0.5) is 0 Å². The highest BCUT2D eigenvalue weighted by atomic mass is 32.2. The van der Waals surface area contributed by atoms with Crippen LogP contribution < -0.4 is 0 Å². The molecule has 0 aromatic rings. The summed E-state index contributed by atoms with van der Waals surface area (Å²) in [6.45, 7) is 5.26. The normalized spacial score (nSPS) is 30.9. The van der Waals surface area contributed by atoms with E-state index in [1.54, 1.807) is 0 Å². The minimum atomic E-state index is -4.08. The van der Waals surface area contributed by atoms with Gasteiger partial charge in [-0.15, -0.1) is 0 Å². The quantitative estimate of drug-likeness (QED) is 0.737. The number of Topliss-reactive ketones (excluding diaryl/α,β-unsaturated/α-hetero) is 1. The zero-order valence-electron chi connectivity index (χ0n) is 12.4. The molecule has 2 rings (SSSR count). The summed E-state index contributed by atoms with van der Waals surface area (Å²) in [5, 5.41) is 0. The topological polar surface area (TPSA) is 126 Å². The predicted octanol–water partition coefficient (Wildman–Crippen LogP) is 1.16. The number of rotatable bonds is 3. The fourth-order valence-electron chi connectivity index (χ4n) is 3.42. The van der Waals surface area contributed by atoms with Crippen LogP contribution in [-0.4, -0.2) is 43.2 Å². The first-order chi connectivity index (χ1) is 9.25. The Labute approximate surface area is 125 Å². The second-order valence-corrected chi connectivity index (χ2v) is 9.46. The van der Waals surface area contributed by atoms with Gasteiger partial charge >= 0.3 is 0 Å². The Morgan fingerprint density at radius 2 is 1.62 bits per heavy atom. The second kappa shape index (κ2) is 5.60. The molecule has 0 aromatic carbocycles. The van der Waals surface area contributed by atoms with Crippen LogP contribution in [0.3, 0.4) is 0 Å². The molecule has 0 amide bonds. The van der Waals surface area contributed by atoms with Crippen molar-refractivity contribution in [3.05, 3.63) is 0 Å². The van der Waals surface area contributed by atoms with E-state index < -0.39 is 31.4 Å². The van der Waals surface area contributed by atoms with Crippen LogP contribution >= 0.6 is 0 Å². The van der Waals surface area contributed by atoms with Gasteiger partial charge in [-0.2, -0.15) is 16.8 Å². The van der Waals surface area contributed by atoms with E-state index in [1.165, 1.54) is 6.92 Å². The Morgan fingerprint density at radius 3 is 1.86 bits per heavy atom. The van der Waals surface area contributed by atoms with Gasteiger partial charge in [-0.1, -0.05) is 13.8 Å². The number of ketones is 1. The molecular weight excluding hydrogens is 320 g/mol. The molecule has 0 aliphatic heterocycles. The molecule has 2 aliphatic carbocycles. The molecule has 2 N–H and O–H groups in total. The van der Waals surface area contributed by atoms with Gasteiger partial charge in [0.1, 0.15) is 5.78 Å². The molecule has 21 heavy (non-hydrogen) atoms. The zero-order valence-corrected chi connectivity index (χ0v) is 14.0. The highest BCUT2D eigenvalue weighted by molar-refractivity contribution is 7.86. The average Bonchev–Trinajstić information content (AvgIpc) is 2.60. The first-order valence-electron chi connectivity index (χ1n) is 6.69. The number of fused-ring (bicyclic) bond motifs is 2. The van der Waals surface area contributed by atoms with Crippen LogP contribution in [0.2, 0.25) is 0 Å². The van der Waals surface area contributed by atoms with Gasteiger partial charge in [-0.25, -0.2) is 0 Å². The standard InChI is InChI=1S/C10H16O4S.C2H6O3S/c1-9(2)7-3-4-10(9,8(11)5-7)6-15(12,13)14;1-2-6(3,4)5/h7H,3-6H2,1-2H3,(H,12,13,14);2H2,1H3,(H,3,4,5). The van der Waals surface area contributed by atoms with Crippen molar-refractivity contribution in [1.29, 1.82) is 0 Å². The lowest BCUT2D eigenvalue weighted by Crippen LogP contribution is -2.42. The van der Waals surface area contributed by atoms with Crippen molar-refractivity contribution in [2.75, 3.05) is 11.5 Å². The van der Waals surface area contributed by atoms with Crippen molar-refractivity contribution >= 4 is 26.0 Å². The molecular formula is C12H22O7S2. The Morgan fingerprint density at radius 1 is 1.14 bits per heavy atom. The van der Waals surface area contributed by atoms with Gasteiger partial charge in [0.25, 0.3) is 20.2 Å². The molecule has 2 fully saturated rings. The van der Waals surface area contributed by atoms with Crippen LogP contribution in [0.15, 0.2) is 0 Å². The molecule has 0 saturated heterocycles. The van der Waals surface area contributed by atoms with Crippen LogP contribution in [-0.2, 0) is 25.0 Å². The van der Waals surface area contributed by atoms with Crippen molar-refractivity contribution in [1.82, 2.24) is 0 Å². The van der Waals surface area contributed by atoms with E-state index in [-0.39, 0.29) is 22.9 Å². The largest absolute Gasteiger partial charge is 0.299 e. The zero-order chi connectivity index (χ0) is 16.7. The fraction of sp³-hybridized carbons (Fsp3) is 0.917. The van der Waals surface area contributed by atoms with Gasteiger partial charge in [-0.3, -0.25) is 13.9 Å². The summed E-state index contributed by atoms with van der Waals surface area (Å²) in [4.78, 5) is 11.9. The number of hydrogen-bond acceptors (Lipinski definition) is 5. The van der Waals surface area contributed by atoms with Gasteiger partial charge in [0.2, 0.25) is 0 Å². The molecule has 0 radical (unpaired) electrons. The SMILES string of the molecule is CC1(C)C2CCC1(CS(=O)(=O)O)C(=O)C2.CCS(=O)(=O)O. The summed E-state index contributed by atoms with van der Waals surface area (Å²) in [7, 11) is -7.74. The molecule has 2 bridgehead atoms. The highest BCUT2D eigenvalue weighted by Gasteiger charge is 2.65. The lowest BCUT2D eigenvalue weighted by molar-refractivity contribution is -0.128. The maximum atomic E-state index is 11.9. The Balaban J connectivity index is 0.000000315. The molecule has 2 aliphatic rings. The van der Waals surface area contributed by atoms with Crippen molar-refractivity contribution in [2.24, 2.45) is 16.7 Å². The summed E-state index contributed by atoms with van der Waals surface area (Å²) >= 11 is 0. The molecule has 2 atom stereocenters. The van der Waals surface area contributed by atoms with E-state index >= 15 is 0 Å². The van der Waals surface area contributed by atoms with E-state index in [9.17, 15) is 21.6 Å². The summed E-state index contributed by atoms with van der Waals surface area (Å²) < 4.78 is 57.9. The lowest BCUT2D eigenvalue weighted by atomic mass is 9.70. The van der Waals surface area contributed by atoms with Gasteiger partial charge in [0.15, 0.2) is 0 Å². The minimum absolute atomic E-state index is 0.0152. The highest BCUT2D eigenvalue weighted by Crippen LogP contribution is 2.64. The Hall–Kier alpha value is -0.510. The van der Waals surface area contributed by atoms with E-state index in [0.717, 1.165) is 6.42 Å². The van der Waals surface area contributed by atoms with Crippen molar-refractivity contribution < 1.29 is 30.7 Å². The molecule has 2 unspecified atom stereocenters. The van der Waals surface area contributed by atoms with Crippen LogP contribution in [0, 0.1) is 16.7 Å². The summed E-state index contributed by atoms with van der Waals surface area (Å²) in [6, 6.07) is 0. The summed E-state index contributed by atoms with van der Waals surface area (Å²) in [6.07, 6.45) is 1.97. The molecule has 0 spiro atoms. The lowest BCUT2D eigenvalue weighted by Gasteiger charge is -2.35. The van der Waals surface area contributed by atoms with Crippen molar-refractivity contribution in [2.45, 2.75) is 40.0 Å². The van der Waals surface area contributed by atoms with Gasteiger partial charge in [0.05, 0.1) is 16.9 Å². The molecule has 7 nitrogen and oxygen atoms in total. The molecule has 0 heterocycles. The van der Waals surface area contributed by atoms with E-state index in [0.29, 0.717) is 12.8 Å². The van der Waals surface area contributed by atoms with Gasteiger partial charge in [0, 0.05) is 6.42 Å². The van der Waals surface area contributed by atoms with Crippen molar-refractivity contribution in [3.63, 3.8) is 0 Å². The smallest absolute Gasteiger partial charge is 0.265 e. The first kappa shape index (κ1) is 18.5. The minimum Gasteiger partial charge on any atom is -0.299 e. The average molecular weight is 342 g/mol. The van der Waals surface area contributed by atoms with Gasteiger partial charge < -0.3 is 0 Å². The fourth-order valence-corrected chi connectivity index (χ4v) is 4.72. The van der Waals surface area contributed by atoms with E-state index in [1.807, 2.05) is 13.8 Å². The van der Waals surface area contributed by atoms with E-state index in [4.69, 9.17) is 9.11 Å². The number of hydrogen-bond donors (Lipinski definition) is 2.